The van der Waals surface area contributed by atoms with Crippen LogP contribution in [0.1, 0.15) is 27.0 Å². The van der Waals surface area contributed by atoms with Crippen molar-refractivity contribution in [3.05, 3.63) is 52.2 Å². The predicted octanol–water partition coefficient (Wildman–Crippen LogP) is 1.85. The number of ether oxygens (including phenoxy) is 1. The largest absolute Gasteiger partial charge is 0.452 e. The Kier molecular flexibility index (Phi) is 6.61. The van der Waals surface area contributed by atoms with Crippen LogP contribution < -0.4 is 5.32 Å². The molecule has 0 atom stereocenters. The lowest BCUT2D eigenvalue weighted by molar-refractivity contribution is -0.140. The summed E-state index contributed by atoms with van der Waals surface area (Å²) in [6.45, 7) is 2.96. The molecule has 0 saturated carbocycles. The van der Waals surface area contributed by atoms with Crippen LogP contribution in [0.25, 0.3) is 0 Å². The van der Waals surface area contributed by atoms with Crippen LogP contribution in [0.2, 0.25) is 0 Å². The van der Waals surface area contributed by atoms with Gasteiger partial charge in [0.1, 0.15) is 0 Å². The SMILES string of the molecule is CC(=O)N1CCN(C(=O)COC(=O)c2ccc(NC(=O)c3cccs3)cc2)CC1. The molecule has 0 spiro atoms. The highest BCUT2D eigenvalue weighted by molar-refractivity contribution is 7.12. The van der Waals surface area contributed by atoms with Gasteiger partial charge in [-0.3, -0.25) is 14.4 Å². The molecule has 1 saturated heterocycles. The Hall–Kier alpha value is -3.20. The van der Waals surface area contributed by atoms with Crippen molar-refractivity contribution < 1.29 is 23.9 Å². The van der Waals surface area contributed by atoms with E-state index in [1.54, 1.807) is 34.1 Å². The van der Waals surface area contributed by atoms with Crippen LogP contribution in [0.3, 0.4) is 0 Å². The first-order chi connectivity index (χ1) is 13.9. The molecule has 0 bridgehead atoms. The smallest absolute Gasteiger partial charge is 0.338 e. The molecule has 8 nitrogen and oxygen atoms in total. The van der Waals surface area contributed by atoms with Crippen molar-refractivity contribution in [2.75, 3.05) is 38.1 Å². The topological polar surface area (TPSA) is 96.0 Å². The minimum absolute atomic E-state index is 0.0152. The van der Waals surface area contributed by atoms with Crippen LogP contribution >= 0.6 is 11.3 Å². The van der Waals surface area contributed by atoms with Gasteiger partial charge in [0, 0.05) is 38.8 Å². The molecule has 3 rings (SSSR count). The van der Waals surface area contributed by atoms with Gasteiger partial charge in [0.15, 0.2) is 6.61 Å². The number of nitrogens with zero attached hydrogens (tertiary/aromatic N) is 2. The molecule has 3 amide bonds. The summed E-state index contributed by atoms with van der Waals surface area (Å²) >= 11 is 1.34. The van der Waals surface area contributed by atoms with Gasteiger partial charge in [0.05, 0.1) is 10.4 Å². The zero-order valence-corrected chi connectivity index (χ0v) is 16.7. The monoisotopic (exact) mass is 415 g/mol. The number of hydrogen-bond acceptors (Lipinski definition) is 6. The molecule has 29 heavy (non-hydrogen) atoms. The molecule has 1 fully saturated rings. The molecule has 1 aliphatic rings. The first-order valence-electron chi connectivity index (χ1n) is 9.09. The van der Waals surface area contributed by atoms with E-state index in [1.165, 1.54) is 30.4 Å². The van der Waals surface area contributed by atoms with Crippen LogP contribution in [0.4, 0.5) is 5.69 Å². The third kappa shape index (κ3) is 5.41. The predicted molar refractivity (Wildman–Crippen MR) is 108 cm³/mol. The molecular weight excluding hydrogens is 394 g/mol. The summed E-state index contributed by atoms with van der Waals surface area (Å²) in [4.78, 5) is 51.6. The zero-order valence-electron chi connectivity index (χ0n) is 15.9. The highest BCUT2D eigenvalue weighted by Crippen LogP contribution is 2.15. The Morgan fingerprint density at radius 1 is 1.00 bits per heavy atom. The van der Waals surface area contributed by atoms with Gasteiger partial charge in [-0.1, -0.05) is 6.07 Å². The molecule has 1 N–H and O–H groups in total. The lowest BCUT2D eigenvalue weighted by Gasteiger charge is -2.34. The van der Waals surface area contributed by atoms with Gasteiger partial charge >= 0.3 is 5.97 Å². The van der Waals surface area contributed by atoms with Gasteiger partial charge in [-0.2, -0.15) is 0 Å². The van der Waals surface area contributed by atoms with Crippen LogP contribution in [0, 0.1) is 0 Å². The minimum Gasteiger partial charge on any atom is -0.452 e. The van der Waals surface area contributed by atoms with Crippen molar-refractivity contribution in [2.24, 2.45) is 0 Å². The van der Waals surface area contributed by atoms with E-state index in [4.69, 9.17) is 4.74 Å². The molecule has 152 valence electrons. The maximum atomic E-state index is 12.2. The van der Waals surface area contributed by atoms with Crippen molar-refractivity contribution in [3.8, 4) is 0 Å². The maximum absolute atomic E-state index is 12.2. The maximum Gasteiger partial charge on any atom is 0.338 e. The van der Waals surface area contributed by atoms with E-state index in [1.807, 2.05) is 5.38 Å². The fourth-order valence-corrected chi connectivity index (χ4v) is 3.48. The fourth-order valence-electron chi connectivity index (χ4n) is 2.86. The van der Waals surface area contributed by atoms with Crippen LogP contribution in [0.15, 0.2) is 41.8 Å². The number of esters is 1. The second-order valence-corrected chi connectivity index (χ2v) is 7.42. The van der Waals surface area contributed by atoms with Gasteiger partial charge < -0.3 is 19.9 Å². The van der Waals surface area contributed by atoms with E-state index in [0.29, 0.717) is 36.7 Å². The standard InChI is InChI=1S/C20H21N3O5S/c1-14(24)22-8-10-23(11-9-22)18(25)13-28-20(27)15-4-6-16(7-5-15)21-19(26)17-3-2-12-29-17/h2-7,12H,8-11,13H2,1H3,(H,21,26). The average molecular weight is 415 g/mol. The molecule has 0 radical (unpaired) electrons. The Bertz CT molecular complexity index is 887. The highest BCUT2D eigenvalue weighted by Gasteiger charge is 2.23. The number of thiophene rings is 1. The molecule has 1 aliphatic heterocycles. The zero-order chi connectivity index (χ0) is 20.8. The van der Waals surface area contributed by atoms with E-state index in [9.17, 15) is 19.2 Å². The Morgan fingerprint density at radius 2 is 1.66 bits per heavy atom. The van der Waals surface area contributed by atoms with Crippen molar-refractivity contribution in [1.82, 2.24) is 9.80 Å². The number of nitrogens with one attached hydrogen (secondary N) is 1. The normalized spacial score (nSPS) is 13.7. The highest BCUT2D eigenvalue weighted by atomic mass is 32.1. The van der Waals surface area contributed by atoms with E-state index < -0.39 is 5.97 Å². The van der Waals surface area contributed by atoms with E-state index in [0.717, 1.165) is 0 Å². The van der Waals surface area contributed by atoms with Gasteiger partial charge in [-0.25, -0.2) is 4.79 Å². The number of hydrogen-bond donors (Lipinski definition) is 1. The molecule has 0 aliphatic carbocycles. The molecule has 1 aromatic carbocycles. The second-order valence-electron chi connectivity index (χ2n) is 6.47. The fraction of sp³-hybridized carbons (Fsp3) is 0.300. The van der Waals surface area contributed by atoms with Crippen LogP contribution in [0.5, 0.6) is 0 Å². The third-order valence-electron chi connectivity index (χ3n) is 4.53. The van der Waals surface area contributed by atoms with Crippen molar-refractivity contribution >= 4 is 40.7 Å². The summed E-state index contributed by atoms with van der Waals surface area (Å²) in [5.41, 5.74) is 0.840. The number of benzene rings is 1. The van der Waals surface area contributed by atoms with Gasteiger partial charge in [0.25, 0.3) is 11.8 Å². The molecule has 1 aromatic heterocycles. The summed E-state index contributed by atoms with van der Waals surface area (Å²) in [6.07, 6.45) is 0. The minimum atomic E-state index is -0.614. The van der Waals surface area contributed by atoms with E-state index >= 15 is 0 Å². The van der Waals surface area contributed by atoms with E-state index in [2.05, 4.69) is 5.32 Å². The quantitative estimate of drug-likeness (QED) is 0.752. The average Bonchev–Trinajstić information content (AvgIpc) is 3.27. The van der Waals surface area contributed by atoms with E-state index in [-0.39, 0.29) is 29.9 Å². The molecule has 0 unspecified atom stereocenters. The molecular formula is C20H21N3O5S. The second kappa shape index (κ2) is 9.33. The van der Waals surface area contributed by atoms with Crippen LogP contribution in [-0.4, -0.2) is 66.3 Å². The number of rotatable bonds is 5. The molecule has 9 heteroatoms. The number of carbonyl (C=O) groups excluding carboxylic acids is 4. The first kappa shape index (κ1) is 20.5. The molecule has 2 aromatic rings. The molecule has 2 heterocycles. The summed E-state index contributed by atoms with van der Waals surface area (Å²) in [7, 11) is 0. The number of amides is 3. The lowest BCUT2D eigenvalue weighted by atomic mass is 10.2. The van der Waals surface area contributed by atoms with Gasteiger partial charge in [-0.15, -0.1) is 11.3 Å². The number of carbonyl (C=O) groups is 4. The van der Waals surface area contributed by atoms with Gasteiger partial charge in [-0.05, 0) is 35.7 Å². The van der Waals surface area contributed by atoms with Crippen molar-refractivity contribution in [1.29, 1.82) is 0 Å². The third-order valence-corrected chi connectivity index (χ3v) is 5.40. The Morgan fingerprint density at radius 3 is 2.24 bits per heavy atom. The lowest BCUT2D eigenvalue weighted by Crippen LogP contribution is -2.51. The summed E-state index contributed by atoms with van der Waals surface area (Å²) in [6, 6.07) is 9.78. The summed E-state index contributed by atoms with van der Waals surface area (Å²) in [5, 5.41) is 4.56. The summed E-state index contributed by atoms with van der Waals surface area (Å²) in [5.74, 6) is -1.14. The van der Waals surface area contributed by atoms with Crippen LogP contribution in [-0.2, 0) is 14.3 Å². The Labute approximate surface area is 172 Å². The van der Waals surface area contributed by atoms with Crippen molar-refractivity contribution in [3.63, 3.8) is 0 Å². The number of anilines is 1. The first-order valence-corrected chi connectivity index (χ1v) is 9.97. The Balaban J connectivity index is 1.46. The van der Waals surface area contributed by atoms with Gasteiger partial charge in [0.2, 0.25) is 5.91 Å². The van der Waals surface area contributed by atoms with Crippen molar-refractivity contribution in [2.45, 2.75) is 6.92 Å². The summed E-state index contributed by atoms with van der Waals surface area (Å²) < 4.78 is 5.10. The number of piperazine rings is 1.